The van der Waals surface area contributed by atoms with Gasteiger partial charge in [0.2, 0.25) is 5.91 Å². The largest absolute Gasteiger partial charge is 0.359 e. The number of carbonyl (C=O) groups excluding carboxylic acids is 2. The smallest absolute Gasteiger partial charge is 0.255 e. The highest BCUT2D eigenvalue weighted by molar-refractivity contribution is 7.98. The minimum Gasteiger partial charge on any atom is -0.359 e. The van der Waals surface area contributed by atoms with Crippen LogP contribution < -0.4 is 10.6 Å². The molecule has 0 bridgehead atoms. The minimum atomic E-state index is -0.127. The van der Waals surface area contributed by atoms with Crippen molar-refractivity contribution in [3.63, 3.8) is 0 Å². The summed E-state index contributed by atoms with van der Waals surface area (Å²) in [6.45, 7) is 4.15. The number of piperazine rings is 1. The molecule has 4 rings (SSSR count). The average molecular weight is 398 g/mol. The van der Waals surface area contributed by atoms with Crippen LogP contribution in [0.2, 0.25) is 0 Å². The summed E-state index contributed by atoms with van der Waals surface area (Å²) in [5, 5.41) is 5.69. The van der Waals surface area contributed by atoms with Crippen molar-refractivity contribution in [1.82, 2.24) is 14.8 Å². The van der Waals surface area contributed by atoms with Gasteiger partial charge in [0.1, 0.15) is 5.82 Å². The Hall–Kier alpha value is -2.58. The molecule has 1 fully saturated rings. The average Bonchev–Trinajstić information content (AvgIpc) is 2.74. The summed E-state index contributed by atoms with van der Waals surface area (Å²) >= 11 is 1.74. The molecule has 0 aliphatic carbocycles. The second kappa shape index (κ2) is 8.20. The number of fused-ring (bicyclic) bond motifs is 1. The molecule has 1 aromatic heterocycles. The van der Waals surface area contributed by atoms with Gasteiger partial charge < -0.3 is 15.5 Å². The van der Waals surface area contributed by atoms with Crippen molar-refractivity contribution in [2.24, 2.45) is 0 Å². The number of aromatic nitrogens is 1. The number of hydrogen-bond donors (Lipinski definition) is 2. The highest BCUT2D eigenvalue weighted by Crippen LogP contribution is 2.24. The van der Waals surface area contributed by atoms with Crippen molar-refractivity contribution in [3.05, 3.63) is 47.7 Å². The topological polar surface area (TPSA) is 77.6 Å². The van der Waals surface area contributed by atoms with Crippen molar-refractivity contribution in [1.29, 1.82) is 0 Å². The SMILES string of the molecule is CSc1ccc(CN2CCN(C(=O)c3cnc4c(c3)NC(=O)CN4)CC2)cc1. The van der Waals surface area contributed by atoms with Gasteiger partial charge in [-0.3, -0.25) is 14.5 Å². The molecule has 2 aliphatic rings. The van der Waals surface area contributed by atoms with Crippen molar-refractivity contribution >= 4 is 35.1 Å². The summed E-state index contributed by atoms with van der Waals surface area (Å²) in [6, 6.07) is 10.3. The fourth-order valence-corrected chi connectivity index (χ4v) is 3.87. The number of carbonyl (C=O) groups is 2. The van der Waals surface area contributed by atoms with Crippen molar-refractivity contribution in [2.45, 2.75) is 11.4 Å². The molecule has 2 aliphatic heterocycles. The standard InChI is InChI=1S/C20H23N5O2S/c1-28-16-4-2-14(3-5-16)13-24-6-8-25(9-7-24)20(27)15-10-17-19(21-11-15)22-12-18(26)23-17/h2-5,10-11H,6-9,12-13H2,1H3,(H,21,22)(H,23,26). The van der Waals surface area contributed by atoms with Crippen LogP contribution in [0.25, 0.3) is 0 Å². The maximum absolute atomic E-state index is 12.8. The Morgan fingerprint density at radius 1 is 1.18 bits per heavy atom. The number of nitrogens with zero attached hydrogens (tertiary/aromatic N) is 3. The second-order valence-electron chi connectivity index (χ2n) is 6.94. The van der Waals surface area contributed by atoms with Crippen molar-refractivity contribution in [3.8, 4) is 0 Å². The zero-order chi connectivity index (χ0) is 19.5. The maximum atomic E-state index is 12.8. The molecule has 1 saturated heterocycles. The Bertz CT molecular complexity index is 879. The van der Waals surface area contributed by atoms with Crippen LogP contribution in [0.4, 0.5) is 11.5 Å². The molecule has 0 atom stereocenters. The van der Waals surface area contributed by atoms with Crippen LogP contribution in [0.3, 0.4) is 0 Å². The van der Waals surface area contributed by atoms with E-state index in [0.717, 1.165) is 19.6 Å². The first-order valence-electron chi connectivity index (χ1n) is 9.31. The van der Waals surface area contributed by atoms with Gasteiger partial charge in [-0.15, -0.1) is 11.8 Å². The fraction of sp³-hybridized carbons (Fsp3) is 0.350. The van der Waals surface area contributed by atoms with Gasteiger partial charge in [-0.25, -0.2) is 4.98 Å². The molecule has 28 heavy (non-hydrogen) atoms. The Labute approximate surface area is 168 Å². The lowest BCUT2D eigenvalue weighted by Gasteiger charge is -2.35. The molecular formula is C20H23N5O2S. The molecule has 0 radical (unpaired) electrons. The van der Waals surface area contributed by atoms with Gasteiger partial charge in [0.05, 0.1) is 17.8 Å². The third-order valence-electron chi connectivity index (χ3n) is 5.05. The van der Waals surface area contributed by atoms with E-state index in [1.54, 1.807) is 24.0 Å². The van der Waals surface area contributed by atoms with Gasteiger partial charge in [0.25, 0.3) is 5.91 Å². The molecule has 3 heterocycles. The van der Waals surface area contributed by atoms with Crippen LogP contribution in [0, 0.1) is 0 Å². The van der Waals surface area contributed by atoms with Crippen LogP contribution in [-0.2, 0) is 11.3 Å². The van der Waals surface area contributed by atoms with Gasteiger partial charge in [-0.1, -0.05) is 12.1 Å². The van der Waals surface area contributed by atoms with Crippen molar-refractivity contribution in [2.75, 3.05) is 49.6 Å². The highest BCUT2D eigenvalue weighted by atomic mass is 32.2. The summed E-state index contributed by atoms with van der Waals surface area (Å²) in [4.78, 5) is 34.1. The molecule has 8 heteroatoms. The first-order valence-corrected chi connectivity index (χ1v) is 10.5. The van der Waals surface area contributed by atoms with E-state index in [1.807, 2.05) is 4.90 Å². The van der Waals surface area contributed by atoms with Gasteiger partial charge in [0, 0.05) is 43.8 Å². The monoisotopic (exact) mass is 397 g/mol. The molecule has 7 nitrogen and oxygen atoms in total. The molecule has 0 saturated carbocycles. The van der Waals surface area contributed by atoms with E-state index in [1.165, 1.54) is 10.5 Å². The summed E-state index contributed by atoms with van der Waals surface area (Å²) in [7, 11) is 0. The first-order chi connectivity index (χ1) is 13.6. The second-order valence-corrected chi connectivity index (χ2v) is 7.82. The molecule has 2 aromatic rings. The van der Waals surface area contributed by atoms with Gasteiger partial charge in [-0.2, -0.15) is 0 Å². The number of nitrogens with one attached hydrogen (secondary N) is 2. The Morgan fingerprint density at radius 2 is 1.93 bits per heavy atom. The maximum Gasteiger partial charge on any atom is 0.255 e. The minimum absolute atomic E-state index is 0.0425. The molecule has 2 N–H and O–H groups in total. The number of rotatable bonds is 4. The van der Waals surface area contributed by atoms with Gasteiger partial charge in [0.15, 0.2) is 0 Å². The van der Waals surface area contributed by atoms with E-state index in [-0.39, 0.29) is 18.4 Å². The van der Waals surface area contributed by atoms with Crippen LogP contribution >= 0.6 is 11.8 Å². The molecule has 0 unspecified atom stereocenters. The van der Waals surface area contributed by atoms with E-state index in [4.69, 9.17) is 0 Å². The number of benzene rings is 1. The third-order valence-corrected chi connectivity index (χ3v) is 5.79. The summed E-state index contributed by atoms with van der Waals surface area (Å²) in [5.41, 5.74) is 2.36. The fourth-order valence-electron chi connectivity index (χ4n) is 3.46. The van der Waals surface area contributed by atoms with E-state index >= 15 is 0 Å². The summed E-state index contributed by atoms with van der Waals surface area (Å²) in [6.07, 6.45) is 3.65. The Balaban J connectivity index is 1.35. The Kier molecular flexibility index (Phi) is 5.50. The molecule has 1 aromatic carbocycles. The first kappa shape index (κ1) is 18.8. The lowest BCUT2D eigenvalue weighted by atomic mass is 10.1. The number of hydrogen-bond acceptors (Lipinski definition) is 6. The molecule has 0 spiro atoms. The van der Waals surface area contributed by atoms with Gasteiger partial charge >= 0.3 is 0 Å². The third kappa shape index (κ3) is 4.13. The zero-order valence-corrected chi connectivity index (χ0v) is 16.6. The lowest BCUT2D eigenvalue weighted by Crippen LogP contribution is -2.48. The van der Waals surface area contributed by atoms with Crippen LogP contribution in [0.5, 0.6) is 0 Å². The molecule has 146 valence electrons. The van der Waals surface area contributed by atoms with Gasteiger partial charge in [-0.05, 0) is 30.0 Å². The van der Waals surface area contributed by atoms with E-state index in [2.05, 4.69) is 51.0 Å². The summed E-state index contributed by atoms with van der Waals surface area (Å²) < 4.78 is 0. The number of pyridine rings is 1. The predicted octanol–water partition coefficient (Wildman–Crippen LogP) is 2.13. The van der Waals surface area contributed by atoms with E-state index < -0.39 is 0 Å². The zero-order valence-electron chi connectivity index (χ0n) is 15.8. The van der Waals surface area contributed by atoms with Crippen molar-refractivity contribution < 1.29 is 9.59 Å². The van der Waals surface area contributed by atoms with Crippen LogP contribution in [-0.4, -0.2) is 65.6 Å². The highest BCUT2D eigenvalue weighted by Gasteiger charge is 2.24. The normalized spacial score (nSPS) is 16.9. The van der Waals surface area contributed by atoms with Crippen LogP contribution in [0.15, 0.2) is 41.4 Å². The number of thioether (sulfide) groups is 1. The summed E-state index contributed by atoms with van der Waals surface area (Å²) in [5.74, 6) is 0.436. The lowest BCUT2D eigenvalue weighted by molar-refractivity contribution is -0.114. The number of anilines is 2. The number of amides is 2. The van der Waals surface area contributed by atoms with E-state index in [0.29, 0.717) is 30.2 Å². The Morgan fingerprint density at radius 3 is 2.64 bits per heavy atom. The molecule has 2 amide bonds. The van der Waals surface area contributed by atoms with E-state index in [9.17, 15) is 9.59 Å². The quantitative estimate of drug-likeness (QED) is 0.770. The molecular weight excluding hydrogens is 374 g/mol. The van der Waals surface area contributed by atoms with Crippen LogP contribution in [0.1, 0.15) is 15.9 Å². The predicted molar refractivity (Wildman–Crippen MR) is 111 cm³/mol.